The second-order valence-electron chi connectivity index (χ2n) is 3.92. The maximum absolute atomic E-state index is 13.1. The summed E-state index contributed by atoms with van der Waals surface area (Å²) in [6, 6.07) is 2.77. The molecule has 0 unspecified atom stereocenters. The number of hydrogen-bond donors (Lipinski definition) is 3. The number of aliphatic carboxylic acids is 1. The molecule has 1 rings (SSSR count). The Kier molecular flexibility index (Phi) is 5.03. The van der Waals surface area contributed by atoms with Gasteiger partial charge in [0.25, 0.3) is 0 Å². The van der Waals surface area contributed by atoms with E-state index in [1.54, 1.807) is 0 Å². The highest BCUT2D eigenvalue weighted by molar-refractivity contribution is 7.92. The monoisotopic (exact) mass is 305 g/mol. The van der Waals surface area contributed by atoms with Gasteiger partial charge in [0.05, 0.1) is 11.3 Å². The molecule has 0 heterocycles. The van der Waals surface area contributed by atoms with Crippen molar-refractivity contribution in [2.75, 3.05) is 10.5 Å². The van der Waals surface area contributed by atoms with Crippen LogP contribution in [-0.4, -0.2) is 36.3 Å². The number of sulfonamides is 1. The third-order valence-electron chi connectivity index (χ3n) is 2.27. The Balaban J connectivity index is 2.79. The first-order valence-electron chi connectivity index (χ1n) is 5.46. The molecule has 0 saturated heterocycles. The minimum Gasteiger partial charge on any atom is -0.481 e. The van der Waals surface area contributed by atoms with Crippen molar-refractivity contribution in [3.8, 4) is 0 Å². The van der Waals surface area contributed by atoms with Crippen LogP contribution >= 0.6 is 0 Å². The van der Waals surface area contributed by atoms with E-state index >= 15 is 0 Å². The number of hydrogen-bond acceptors (Lipinski definition) is 4. The Hall–Kier alpha value is -2.16. The number of carbonyl (C=O) groups is 2. The highest BCUT2D eigenvalue weighted by Crippen LogP contribution is 2.16. The van der Waals surface area contributed by atoms with Gasteiger partial charge in [-0.1, -0.05) is 0 Å². The summed E-state index contributed by atoms with van der Waals surface area (Å²) in [4.78, 5) is 21.0. The molecule has 3 N–H and O–H groups in total. The molecule has 0 aliphatic rings. The van der Waals surface area contributed by atoms with Gasteiger partial charge in [0, 0.05) is 12.1 Å². The van der Waals surface area contributed by atoms with Crippen LogP contribution in [0.15, 0.2) is 18.2 Å². The summed E-state index contributed by atoms with van der Waals surface area (Å²) in [6.07, 6.45) is -0.387. The number of benzene rings is 1. The Labute approximate surface area is 114 Å². The summed E-state index contributed by atoms with van der Waals surface area (Å²) in [5.74, 6) is -4.05. The molecule has 0 aliphatic heterocycles. The topological polar surface area (TPSA) is 121 Å². The summed E-state index contributed by atoms with van der Waals surface area (Å²) in [6.45, 7) is 0. The fourth-order valence-electron chi connectivity index (χ4n) is 1.40. The number of carboxylic acid groups (broad SMARTS) is 2. The van der Waals surface area contributed by atoms with Crippen molar-refractivity contribution in [2.45, 2.75) is 12.8 Å². The van der Waals surface area contributed by atoms with Gasteiger partial charge >= 0.3 is 11.9 Å². The molecule has 7 nitrogen and oxygen atoms in total. The van der Waals surface area contributed by atoms with E-state index in [0.29, 0.717) is 0 Å². The SMILES string of the molecule is O=C(O)CCCS(=O)(=O)Nc1ccc(F)c(C(=O)O)c1. The van der Waals surface area contributed by atoms with Gasteiger partial charge in [0.2, 0.25) is 10.0 Å². The van der Waals surface area contributed by atoms with Crippen molar-refractivity contribution >= 4 is 27.6 Å². The van der Waals surface area contributed by atoms with E-state index in [2.05, 4.69) is 4.72 Å². The zero-order valence-electron chi connectivity index (χ0n) is 10.2. The average Bonchev–Trinajstić information content (AvgIpc) is 2.30. The van der Waals surface area contributed by atoms with E-state index in [0.717, 1.165) is 18.2 Å². The highest BCUT2D eigenvalue weighted by atomic mass is 32.2. The van der Waals surface area contributed by atoms with Gasteiger partial charge in [0.1, 0.15) is 5.82 Å². The molecule has 1 aromatic carbocycles. The molecule has 0 aromatic heterocycles. The Morgan fingerprint density at radius 2 is 1.90 bits per heavy atom. The molecule has 0 aliphatic carbocycles. The number of carboxylic acids is 2. The van der Waals surface area contributed by atoms with Gasteiger partial charge in [-0.2, -0.15) is 0 Å². The Morgan fingerprint density at radius 1 is 1.25 bits per heavy atom. The van der Waals surface area contributed by atoms with Crippen LogP contribution in [0, 0.1) is 5.82 Å². The Bertz CT molecular complexity index is 628. The maximum Gasteiger partial charge on any atom is 0.338 e. The number of aromatic carboxylic acids is 1. The standard InChI is InChI=1S/C11H12FNO6S/c12-9-4-3-7(6-8(9)11(16)17)13-20(18,19)5-1-2-10(14)15/h3-4,6,13H,1-2,5H2,(H,14,15)(H,16,17). The number of anilines is 1. The molecular weight excluding hydrogens is 293 g/mol. The minimum atomic E-state index is -3.81. The first-order valence-corrected chi connectivity index (χ1v) is 7.11. The molecule has 0 spiro atoms. The lowest BCUT2D eigenvalue weighted by molar-refractivity contribution is -0.137. The molecule has 9 heteroatoms. The van der Waals surface area contributed by atoms with Gasteiger partial charge in [-0.05, 0) is 24.6 Å². The van der Waals surface area contributed by atoms with Crippen LogP contribution in [0.1, 0.15) is 23.2 Å². The summed E-state index contributed by atoms with van der Waals surface area (Å²) in [7, 11) is -3.81. The van der Waals surface area contributed by atoms with Crippen LogP contribution < -0.4 is 4.72 Å². The fourth-order valence-corrected chi connectivity index (χ4v) is 2.51. The van der Waals surface area contributed by atoms with Crippen molar-refractivity contribution in [1.29, 1.82) is 0 Å². The molecule has 0 saturated carbocycles. The van der Waals surface area contributed by atoms with E-state index in [1.165, 1.54) is 0 Å². The molecule has 0 bridgehead atoms. The third-order valence-corrected chi connectivity index (χ3v) is 3.65. The van der Waals surface area contributed by atoms with Crippen LogP contribution in [0.25, 0.3) is 0 Å². The summed E-state index contributed by atoms with van der Waals surface area (Å²) in [5, 5.41) is 17.1. The van der Waals surface area contributed by atoms with E-state index in [1.807, 2.05) is 0 Å². The van der Waals surface area contributed by atoms with Crippen molar-refractivity contribution in [2.24, 2.45) is 0 Å². The van der Waals surface area contributed by atoms with Gasteiger partial charge in [-0.15, -0.1) is 0 Å². The predicted octanol–water partition coefficient (Wildman–Crippen LogP) is 1.13. The normalized spacial score (nSPS) is 11.1. The quantitative estimate of drug-likeness (QED) is 0.694. The molecular formula is C11H12FNO6S. The molecule has 20 heavy (non-hydrogen) atoms. The van der Waals surface area contributed by atoms with Crippen LogP contribution in [0.5, 0.6) is 0 Å². The summed E-state index contributed by atoms with van der Waals surface area (Å²) >= 11 is 0. The minimum absolute atomic E-state index is 0.0857. The average molecular weight is 305 g/mol. The number of halogens is 1. The lowest BCUT2D eigenvalue weighted by atomic mass is 10.2. The van der Waals surface area contributed by atoms with Crippen molar-refractivity contribution in [1.82, 2.24) is 0 Å². The van der Waals surface area contributed by atoms with E-state index in [4.69, 9.17) is 10.2 Å². The van der Waals surface area contributed by atoms with Crippen LogP contribution in [-0.2, 0) is 14.8 Å². The van der Waals surface area contributed by atoms with E-state index < -0.39 is 39.1 Å². The second-order valence-corrected chi connectivity index (χ2v) is 5.76. The summed E-state index contributed by atoms with van der Waals surface area (Å²) in [5.41, 5.74) is -0.755. The van der Waals surface area contributed by atoms with E-state index in [-0.39, 0.29) is 18.5 Å². The molecule has 1 aromatic rings. The Morgan fingerprint density at radius 3 is 2.45 bits per heavy atom. The van der Waals surface area contributed by atoms with Crippen LogP contribution in [0.2, 0.25) is 0 Å². The summed E-state index contributed by atoms with van der Waals surface area (Å²) < 4.78 is 38.4. The third kappa shape index (κ3) is 4.84. The van der Waals surface area contributed by atoms with Crippen LogP contribution in [0.4, 0.5) is 10.1 Å². The van der Waals surface area contributed by atoms with Gasteiger partial charge < -0.3 is 10.2 Å². The molecule has 110 valence electrons. The maximum atomic E-state index is 13.1. The van der Waals surface area contributed by atoms with Gasteiger partial charge in [-0.25, -0.2) is 17.6 Å². The highest BCUT2D eigenvalue weighted by Gasteiger charge is 2.15. The lowest BCUT2D eigenvalue weighted by Crippen LogP contribution is -2.18. The second kappa shape index (κ2) is 6.33. The lowest BCUT2D eigenvalue weighted by Gasteiger charge is -2.08. The molecule has 0 radical (unpaired) electrons. The number of nitrogens with one attached hydrogen (secondary N) is 1. The molecule has 0 amide bonds. The van der Waals surface area contributed by atoms with Crippen molar-refractivity contribution in [3.63, 3.8) is 0 Å². The largest absolute Gasteiger partial charge is 0.481 e. The number of rotatable bonds is 7. The van der Waals surface area contributed by atoms with E-state index in [9.17, 15) is 22.4 Å². The zero-order chi connectivity index (χ0) is 15.3. The zero-order valence-corrected chi connectivity index (χ0v) is 11.0. The predicted molar refractivity (Wildman–Crippen MR) is 67.6 cm³/mol. The van der Waals surface area contributed by atoms with Gasteiger partial charge in [0.15, 0.2) is 0 Å². The molecule has 0 atom stereocenters. The smallest absolute Gasteiger partial charge is 0.338 e. The van der Waals surface area contributed by atoms with Gasteiger partial charge in [-0.3, -0.25) is 9.52 Å². The fraction of sp³-hybridized carbons (Fsp3) is 0.273. The first-order chi connectivity index (χ1) is 9.21. The first kappa shape index (κ1) is 15.9. The van der Waals surface area contributed by atoms with Crippen molar-refractivity contribution in [3.05, 3.63) is 29.6 Å². The van der Waals surface area contributed by atoms with Crippen LogP contribution in [0.3, 0.4) is 0 Å². The molecule has 0 fully saturated rings. The van der Waals surface area contributed by atoms with Crippen molar-refractivity contribution < 1.29 is 32.6 Å².